The predicted molar refractivity (Wildman–Crippen MR) is 89.1 cm³/mol. The minimum Gasteiger partial charge on any atom is -0.383 e. The quantitative estimate of drug-likeness (QED) is 0.810. The van der Waals surface area contributed by atoms with Crippen LogP contribution in [0.5, 0.6) is 0 Å². The Morgan fingerprint density at radius 3 is 2.43 bits per heavy atom. The molecule has 0 aliphatic carbocycles. The van der Waals surface area contributed by atoms with Crippen molar-refractivity contribution in [3.05, 3.63) is 53.5 Å². The Bertz CT molecular complexity index is 780. The number of sulfonamides is 1. The van der Waals surface area contributed by atoms with Crippen molar-refractivity contribution in [3.63, 3.8) is 0 Å². The zero-order valence-corrected chi connectivity index (χ0v) is 14.5. The van der Waals surface area contributed by atoms with E-state index in [1.807, 2.05) is 44.4 Å². The lowest BCUT2D eigenvalue weighted by Gasteiger charge is -2.17. The standard InChI is InChI=1S/C16H21N3O3S/c1-13-16(15(22-17-13)10-11-18(2)3)23(20,21)19(4)12-14-8-6-5-7-9-14/h5-11H,12H2,1-4H3. The maximum absolute atomic E-state index is 12.9. The van der Waals surface area contributed by atoms with Crippen molar-refractivity contribution in [2.45, 2.75) is 18.4 Å². The van der Waals surface area contributed by atoms with Gasteiger partial charge in [0.1, 0.15) is 5.69 Å². The number of hydrogen-bond donors (Lipinski definition) is 0. The van der Waals surface area contributed by atoms with Crippen LogP contribution in [-0.4, -0.2) is 43.9 Å². The molecule has 0 N–H and O–H groups in total. The fraction of sp³-hybridized carbons (Fsp3) is 0.312. The SMILES string of the molecule is Cc1noc(C=CN(C)C)c1S(=O)(=O)N(C)Cc1ccccc1. The Labute approximate surface area is 137 Å². The zero-order chi connectivity index (χ0) is 17.0. The molecular formula is C16H21N3O3S. The summed E-state index contributed by atoms with van der Waals surface area (Å²) in [6, 6.07) is 9.43. The van der Waals surface area contributed by atoms with Crippen molar-refractivity contribution >= 4 is 16.1 Å². The van der Waals surface area contributed by atoms with Crippen LogP contribution in [0.15, 0.2) is 46.0 Å². The van der Waals surface area contributed by atoms with Gasteiger partial charge in [-0.1, -0.05) is 35.5 Å². The first-order valence-electron chi connectivity index (χ1n) is 7.13. The second-order valence-corrected chi connectivity index (χ2v) is 7.47. The molecule has 2 aromatic rings. The fourth-order valence-corrected chi connectivity index (χ4v) is 3.50. The summed E-state index contributed by atoms with van der Waals surface area (Å²) in [5, 5.41) is 3.80. The molecule has 0 radical (unpaired) electrons. The third-order valence-corrected chi connectivity index (χ3v) is 5.24. The van der Waals surface area contributed by atoms with Gasteiger partial charge >= 0.3 is 0 Å². The number of aryl methyl sites for hydroxylation is 1. The van der Waals surface area contributed by atoms with Gasteiger partial charge in [0, 0.05) is 40.0 Å². The molecule has 1 aromatic carbocycles. The summed E-state index contributed by atoms with van der Waals surface area (Å²) >= 11 is 0. The molecule has 2 rings (SSSR count). The first-order chi connectivity index (χ1) is 10.8. The zero-order valence-electron chi connectivity index (χ0n) is 13.7. The highest BCUT2D eigenvalue weighted by Crippen LogP contribution is 2.25. The Morgan fingerprint density at radius 1 is 1.17 bits per heavy atom. The van der Waals surface area contributed by atoms with Gasteiger partial charge in [0.15, 0.2) is 10.7 Å². The molecule has 0 unspecified atom stereocenters. The number of rotatable bonds is 6. The Balaban J connectivity index is 2.34. The molecule has 23 heavy (non-hydrogen) atoms. The van der Waals surface area contributed by atoms with Gasteiger partial charge in [-0.3, -0.25) is 0 Å². The predicted octanol–water partition coefficient (Wildman–Crippen LogP) is 2.34. The second kappa shape index (κ2) is 6.97. The van der Waals surface area contributed by atoms with Crippen molar-refractivity contribution in [2.75, 3.05) is 21.1 Å². The Morgan fingerprint density at radius 2 is 1.83 bits per heavy atom. The van der Waals surface area contributed by atoms with Crippen LogP contribution in [0.3, 0.4) is 0 Å². The smallest absolute Gasteiger partial charge is 0.248 e. The van der Waals surface area contributed by atoms with Crippen LogP contribution in [-0.2, 0) is 16.6 Å². The van der Waals surface area contributed by atoms with Gasteiger partial charge in [0.2, 0.25) is 10.0 Å². The number of nitrogens with zero attached hydrogens (tertiary/aromatic N) is 3. The molecule has 1 heterocycles. The van der Waals surface area contributed by atoms with E-state index in [1.165, 1.54) is 4.31 Å². The van der Waals surface area contributed by atoms with Crippen molar-refractivity contribution in [1.82, 2.24) is 14.4 Å². The van der Waals surface area contributed by atoms with Crippen LogP contribution in [0, 0.1) is 6.92 Å². The van der Waals surface area contributed by atoms with Gasteiger partial charge in [-0.15, -0.1) is 0 Å². The maximum Gasteiger partial charge on any atom is 0.248 e. The van der Waals surface area contributed by atoms with Crippen LogP contribution in [0.4, 0.5) is 0 Å². The van der Waals surface area contributed by atoms with E-state index in [4.69, 9.17) is 4.52 Å². The number of aromatic nitrogens is 1. The molecule has 0 spiro atoms. The van der Waals surface area contributed by atoms with E-state index in [-0.39, 0.29) is 17.2 Å². The average Bonchev–Trinajstić information content (AvgIpc) is 2.87. The maximum atomic E-state index is 12.9. The molecule has 0 saturated heterocycles. The first-order valence-corrected chi connectivity index (χ1v) is 8.57. The topological polar surface area (TPSA) is 66.7 Å². The summed E-state index contributed by atoms with van der Waals surface area (Å²) in [5.41, 5.74) is 1.27. The van der Waals surface area contributed by atoms with Crippen molar-refractivity contribution in [2.24, 2.45) is 0 Å². The van der Waals surface area contributed by atoms with Gasteiger partial charge in [-0.05, 0) is 12.5 Å². The molecule has 7 heteroatoms. The van der Waals surface area contributed by atoms with Gasteiger partial charge in [-0.2, -0.15) is 4.31 Å². The average molecular weight is 335 g/mol. The van der Waals surface area contributed by atoms with Gasteiger partial charge in [-0.25, -0.2) is 8.42 Å². The highest BCUT2D eigenvalue weighted by atomic mass is 32.2. The van der Waals surface area contributed by atoms with Gasteiger partial charge < -0.3 is 9.42 Å². The van der Waals surface area contributed by atoms with E-state index in [2.05, 4.69) is 5.16 Å². The molecule has 0 aliphatic rings. The first kappa shape index (κ1) is 17.2. The summed E-state index contributed by atoms with van der Waals surface area (Å²) in [7, 11) is 1.54. The lowest BCUT2D eigenvalue weighted by Crippen LogP contribution is -2.27. The molecule has 124 valence electrons. The normalized spacial score (nSPS) is 12.2. The van der Waals surface area contributed by atoms with E-state index in [1.54, 1.807) is 31.1 Å². The third kappa shape index (κ3) is 4.00. The largest absolute Gasteiger partial charge is 0.383 e. The van der Waals surface area contributed by atoms with Crippen molar-refractivity contribution in [3.8, 4) is 0 Å². The lowest BCUT2D eigenvalue weighted by atomic mass is 10.2. The highest BCUT2D eigenvalue weighted by molar-refractivity contribution is 7.89. The molecule has 0 bridgehead atoms. The van der Waals surface area contributed by atoms with E-state index >= 15 is 0 Å². The third-order valence-electron chi connectivity index (χ3n) is 3.27. The van der Waals surface area contributed by atoms with E-state index in [9.17, 15) is 8.42 Å². The van der Waals surface area contributed by atoms with Crippen LogP contribution in [0.2, 0.25) is 0 Å². The summed E-state index contributed by atoms with van der Waals surface area (Å²) in [5.74, 6) is 0.233. The van der Waals surface area contributed by atoms with E-state index in [0.29, 0.717) is 5.69 Å². The van der Waals surface area contributed by atoms with Gasteiger partial charge in [0.05, 0.1) is 0 Å². The number of hydrogen-bond acceptors (Lipinski definition) is 5. The van der Waals surface area contributed by atoms with Crippen LogP contribution >= 0.6 is 0 Å². The summed E-state index contributed by atoms with van der Waals surface area (Å²) in [6.07, 6.45) is 3.32. The minimum absolute atomic E-state index is 0.106. The van der Waals surface area contributed by atoms with E-state index < -0.39 is 10.0 Å². The van der Waals surface area contributed by atoms with E-state index in [0.717, 1.165) is 5.56 Å². The van der Waals surface area contributed by atoms with Crippen LogP contribution in [0.1, 0.15) is 17.0 Å². The summed E-state index contributed by atoms with van der Waals surface area (Å²) in [4.78, 5) is 1.90. The molecule has 0 saturated carbocycles. The monoisotopic (exact) mass is 335 g/mol. The summed E-state index contributed by atoms with van der Waals surface area (Å²) < 4.78 is 32.2. The molecular weight excluding hydrogens is 314 g/mol. The molecule has 0 aliphatic heterocycles. The molecule has 0 atom stereocenters. The highest BCUT2D eigenvalue weighted by Gasteiger charge is 2.29. The summed E-state index contributed by atoms with van der Waals surface area (Å²) in [6.45, 7) is 1.91. The Kier molecular flexibility index (Phi) is 5.23. The lowest BCUT2D eigenvalue weighted by molar-refractivity contribution is 0.404. The molecule has 6 nitrogen and oxygen atoms in total. The molecule has 0 amide bonds. The number of benzene rings is 1. The molecule has 0 fully saturated rings. The van der Waals surface area contributed by atoms with Crippen LogP contribution in [0.25, 0.3) is 6.08 Å². The molecule has 1 aromatic heterocycles. The van der Waals surface area contributed by atoms with Crippen LogP contribution < -0.4 is 0 Å². The fourth-order valence-electron chi connectivity index (χ4n) is 2.10. The Hall–Kier alpha value is -2.12. The van der Waals surface area contributed by atoms with Crippen molar-refractivity contribution < 1.29 is 12.9 Å². The minimum atomic E-state index is -3.70. The second-order valence-electron chi connectivity index (χ2n) is 5.49. The van der Waals surface area contributed by atoms with Crippen molar-refractivity contribution in [1.29, 1.82) is 0 Å². The van der Waals surface area contributed by atoms with Gasteiger partial charge in [0.25, 0.3) is 0 Å².